The van der Waals surface area contributed by atoms with Gasteiger partial charge in [-0.3, -0.25) is 4.79 Å². The maximum atomic E-state index is 12.6. The fourth-order valence-corrected chi connectivity index (χ4v) is 2.81. The number of unbranched alkanes of at least 4 members (excludes halogenated alkanes) is 1. The molecule has 126 valence electrons. The molecule has 5 heteroatoms. The molecule has 1 heterocycles. The van der Waals surface area contributed by atoms with E-state index in [1.807, 2.05) is 29.2 Å². The molecule has 0 N–H and O–H groups in total. The molecular formula is C18H26N2O3. The van der Waals surface area contributed by atoms with Gasteiger partial charge in [0, 0.05) is 31.7 Å². The third-order valence-corrected chi connectivity index (χ3v) is 4.24. The number of amides is 2. The summed E-state index contributed by atoms with van der Waals surface area (Å²) in [5.41, 5.74) is 1.99. The Labute approximate surface area is 138 Å². The number of aryl methyl sites for hydroxylation is 1. The van der Waals surface area contributed by atoms with Crippen molar-refractivity contribution in [1.82, 2.24) is 9.80 Å². The first kappa shape index (κ1) is 17.3. The van der Waals surface area contributed by atoms with E-state index in [4.69, 9.17) is 4.74 Å². The molecule has 0 spiro atoms. The summed E-state index contributed by atoms with van der Waals surface area (Å²) in [4.78, 5) is 27.7. The highest BCUT2D eigenvalue weighted by Crippen LogP contribution is 2.12. The highest BCUT2D eigenvalue weighted by Gasteiger charge is 2.23. The largest absolute Gasteiger partial charge is 0.453 e. The van der Waals surface area contributed by atoms with Crippen molar-refractivity contribution < 1.29 is 14.3 Å². The van der Waals surface area contributed by atoms with Crippen LogP contribution >= 0.6 is 0 Å². The molecule has 2 rings (SSSR count). The molecule has 1 saturated heterocycles. The lowest BCUT2D eigenvalue weighted by Gasteiger charge is -2.21. The zero-order chi connectivity index (χ0) is 16.7. The van der Waals surface area contributed by atoms with E-state index in [9.17, 15) is 9.59 Å². The zero-order valence-electron chi connectivity index (χ0n) is 14.1. The lowest BCUT2D eigenvalue weighted by atomic mass is 10.1. The lowest BCUT2D eigenvalue weighted by Crippen LogP contribution is -2.37. The minimum absolute atomic E-state index is 0.0405. The normalized spacial score (nSPS) is 15.2. The maximum Gasteiger partial charge on any atom is 0.409 e. The molecule has 2 amide bonds. The fraction of sp³-hybridized carbons (Fsp3) is 0.556. The number of nitrogens with zero attached hydrogens (tertiary/aromatic N) is 2. The molecule has 0 radical (unpaired) electrons. The third-order valence-electron chi connectivity index (χ3n) is 4.24. The predicted octanol–water partition coefficient (Wildman–Crippen LogP) is 2.94. The van der Waals surface area contributed by atoms with Gasteiger partial charge >= 0.3 is 6.09 Å². The Hall–Kier alpha value is -2.04. The molecule has 1 aliphatic rings. The van der Waals surface area contributed by atoms with Gasteiger partial charge in [0.25, 0.3) is 5.91 Å². The van der Waals surface area contributed by atoms with Crippen LogP contribution in [0.5, 0.6) is 0 Å². The Kier molecular flexibility index (Phi) is 6.44. The second kappa shape index (κ2) is 8.56. The smallest absolute Gasteiger partial charge is 0.409 e. The first-order chi connectivity index (χ1) is 11.2. The van der Waals surface area contributed by atoms with Crippen molar-refractivity contribution in [3.63, 3.8) is 0 Å². The van der Waals surface area contributed by atoms with Crippen molar-refractivity contribution in [3.8, 4) is 0 Å². The van der Waals surface area contributed by atoms with Crippen LogP contribution < -0.4 is 0 Å². The Balaban J connectivity index is 1.96. The summed E-state index contributed by atoms with van der Waals surface area (Å²) >= 11 is 0. The van der Waals surface area contributed by atoms with Crippen LogP contribution in [-0.2, 0) is 11.2 Å². The first-order valence-corrected chi connectivity index (χ1v) is 8.36. The average Bonchev–Trinajstić information content (AvgIpc) is 2.85. The molecular weight excluding hydrogens is 292 g/mol. The molecule has 0 aliphatic carbocycles. The summed E-state index contributed by atoms with van der Waals surface area (Å²) in [7, 11) is 1.39. The van der Waals surface area contributed by atoms with E-state index >= 15 is 0 Å². The number of hydrogen-bond donors (Lipinski definition) is 0. The zero-order valence-corrected chi connectivity index (χ0v) is 14.1. The van der Waals surface area contributed by atoms with Gasteiger partial charge in [-0.25, -0.2) is 4.79 Å². The number of rotatable bonds is 4. The number of carbonyl (C=O) groups is 2. The number of benzene rings is 1. The van der Waals surface area contributed by atoms with Crippen molar-refractivity contribution >= 4 is 12.0 Å². The SMILES string of the molecule is CCCCc1ccc(C(=O)N2CCCN(C(=O)OC)CC2)cc1. The van der Waals surface area contributed by atoms with E-state index in [0.29, 0.717) is 26.2 Å². The highest BCUT2D eigenvalue weighted by molar-refractivity contribution is 5.94. The lowest BCUT2D eigenvalue weighted by molar-refractivity contribution is 0.0757. The van der Waals surface area contributed by atoms with Crippen molar-refractivity contribution in [2.75, 3.05) is 33.3 Å². The topological polar surface area (TPSA) is 49.9 Å². The summed E-state index contributed by atoms with van der Waals surface area (Å²) in [6, 6.07) is 7.91. The fourth-order valence-electron chi connectivity index (χ4n) is 2.81. The van der Waals surface area contributed by atoms with Gasteiger partial charge in [0.05, 0.1) is 7.11 Å². The summed E-state index contributed by atoms with van der Waals surface area (Å²) in [6.07, 6.45) is 3.85. The van der Waals surface area contributed by atoms with Crippen LogP contribution in [0.25, 0.3) is 0 Å². The quantitative estimate of drug-likeness (QED) is 0.857. The molecule has 0 saturated carbocycles. The minimum atomic E-state index is -0.320. The molecule has 0 atom stereocenters. The molecule has 1 fully saturated rings. The molecule has 1 aliphatic heterocycles. The van der Waals surface area contributed by atoms with Crippen molar-refractivity contribution in [3.05, 3.63) is 35.4 Å². The van der Waals surface area contributed by atoms with Gasteiger partial charge in [0.15, 0.2) is 0 Å². The summed E-state index contributed by atoms with van der Waals surface area (Å²) in [6.45, 7) is 4.55. The van der Waals surface area contributed by atoms with Gasteiger partial charge < -0.3 is 14.5 Å². The van der Waals surface area contributed by atoms with Crippen LogP contribution in [0.4, 0.5) is 4.79 Å². The van der Waals surface area contributed by atoms with Crippen LogP contribution in [-0.4, -0.2) is 55.1 Å². The van der Waals surface area contributed by atoms with E-state index in [2.05, 4.69) is 6.92 Å². The number of methoxy groups -OCH3 is 1. The summed E-state index contributed by atoms with van der Waals surface area (Å²) in [5, 5.41) is 0. The second-order valence-electron chi connectivity index (χ2n) is 5.90. The van der Waals surface area contributed by atoms with E-state index in [0.717, 1.165) is 18.4 Å². The molecule has 1 aromatic carbocycles. The van der Waals surface area contributed by atoms with Crippen LogP contribution in [0, 0.1) is 0 Å². The Morgan fingerprint density at radius 2 is 1.70 bits per heavy atom. The van der Waals surface area contributed by atoms with E-state index in [1.54, 1.807) is 4.90 Å². The molecule has 0 bridgehead atoms. The molecule has 5 nitrogen and oxygen atoms in total. The summed E-state index contributed by atoms with van der Waals surface area (Å²) < 4.78 is 4.75. The van der Waals surface area contributed by atoms with Crippen molar-refractivity contribution in [2.45, 2.75) is 32.6 Å². The van der Waals surface area contributed by atoms with E-state index in [1.165, 1.54) is 25.5 Å². The molecule has 23 heavy (non-hydrogen) atoms. The average molecular weight is 318 g/mol. The molecule has 1 aromatic rings. The van der Waals surface area contributed by atoms with Gasteiger partial charge in [-0.1, -0.05) is 25.5 Å². The standard InChI is InChI=1S/C18H26N2O3/c1-3-4-6-15-7-9-16(10-8-15)17(21)19-11-5-12-20(14-13-19)18(22)23-2/h7-10H,3-6,11-14H2,1-2H3. The third kappa shape index (κ3) is 4.71. The van der Waals surface area contributed by atoms with Crippen LogP contribution in [0.3, 0.4) is 0 Å². The Bertz CT molecular complexity index is 528. The van der Waals surface area contributed by atoms with Gasteiger partial charge in [-0.05, 0) is 37.0 Å². The first-order valence-electron chi connectivity index (χ1n) is 8.36. The van der Waals surface area contributed by atoms with Gasteiger partial charge in [0.1, 0.15) is 0 Å². The predicted molar refractivity (Wildman–Crippen MR) is 89.6 cm³/mol. The van der Waals surface area contributed by atoms with Crippen molar-refractivity contribution in [2.24, 2.45) is 0 Å². The van der Waals surface area contributed by atoms with E-state index < -0.39 is 0 Å². The van der Waals surface area contributed by atoms with Gasteiger partial charge in [0.2, 0.25) is 0 Å². The minimum Gasteiger partial charge on any atom is -0.453 e. The second-order valence-corrected chi connectivity index (χ2v) is 5.90. The molecule has 0 aromatic heterocycles. The monoisotopic (exact) mass is 318 g/mol. The Morgan fingerprint density at radius 1 is 1.04 bits per heavy atom. The highest BCUT2D eigenvalue weighted by atomic mass is 16.5. The molecule has 0 unspecified atom stereocenters. The summed E-state index contributed by atoms with van der Waals surface area (Å²) in [5.74, 6) is 0.0405. The number of hydrogen-bond acceptors (Lipinski definition) is 3. The van der Waals surface area contributed by atoms with Crippen LogP contribution in [0.1, 0.15) is 42.1 Å². The maximum absolute atomic E-state index is 12.6. The number of ether oxygens (including phenoxy) is 1. The van der Waals surface area contributed by atoms with Gasteiger partial charge in [-0.15, -0.1) is 0 Å². The van der Waals surface area contributed by atoms with Crippen LogP contribution in [0.15, 0.2) is 24.3 Å². The number of carbonyl (C=O) groups excluding carboxylic acids is 2. The van der Waals surface area contributed by atoms with Crippen LogP contribution in [0.2, 0.25) is 0 Å². The Morgan fingerprint density at radius 3 is 2.35 bits per heavy atom. The van der Waals surface area contributed by atoms with Gasteiger partial charge in [-0.2, -0.15) is 0 Å². The van der Waals surface area contributed by atoms with E-state index in [-0.39, 0.29) is 12.0 Å². The van der Waals surface area contributed by atoms with Crippen molar-refractivity contribution in [1.29, 1.82) is 0 Å².